The van der Waals surface area contributed by atoms with Crippen molar-refractivity contribution >= 4 is 12.4 Å². The zero-order valence-electron chi connectivity index (χ0n) is 11.6. The van der Waals surface area contributed by atoms with E-state index in [0.29, 0.717) is 5.56 Å². The summed E-state index contributed by atoms with van der Waals surface area (Å²) in [5, 5.41) is 3.03. The van der Waals surface area contributed by atoms with E-state index in [4.69, 9.17) is 0 Å². The van der Waals surface area contributed by atoms with Crippen molar-refractivity contribution in [3.63, 3.8) is 0 Å². The highest BCUT2D eigenvalue weighted by atomic mass is 35.5. The molecule has 0 amide bonds. The van der Waals surface area contributed by atoms with Crippen LogP contribution in [0.2, 0.25) is 0 Å². The lowest BCUT2D eigenvalue weighted by atomic mass is 9.97. The third kappa shape index (κ3) is 4.48. The summed E-state index contributed by atoms with van der Waals surface area (Å²) >= 11 is 0. The number of hydrogen-bond donors (Lipinski definition) is 1. The minimum absolute atomic E-state index is 0. The van der Waals surface area contributed by atoms with Gasteiger partial charge in [-0.25, -0.2) is 0 Å². The molecule has 0 bridgehead atoms. The highest BCUT2D eigenvalue weighted by Gasteiger charge is 2.33. The molecule has 0 saturated heterocycles. The number of likely N-dealkylation sites (N-methyl/N-ethyl adjacent to an activating group) is 1. The zero-order chi connectivity index (χ0) is 14.6. The van der Waals surface area contributed by atoms with Gasteiger partial charge in [0.15, 0.2) is 0 Å². The lowest BCUT2D eigenvalue weighted by molar-refractivity contribution is -0.137. The largest absolute Gasteiger partial charge is 0.417 e. The molecular weight excluding hydrogens is 299 g/mol. The average Bonchev–Trinajstić information content (AvgIpc) is 2.44. The molecule has 0 fully saturated rings. The number of benzene rings is 2. The summed E-state index contributed by atoms with van der Waals surface area (Å²) < 4.78 is 39.1. The molecule has 0 aliphatic carbocycles. The Hall–Kier alpha value is -1.52. The molecular formula is C16H17ClF3N. The SMILES string of the molecule is CNCCc1cccc(-c2ccccc2C(F)(F)F)c1.Cl. The summed E-state index contributed by atoms with van der Waals surface area (Å²) in [6.07, 6.45) is -3.55. The van der Waals surface area contributed by atoms with Crippen LogP contribution < -0.4 is 5.32 Å². The average molecular weight is 316 g/mol. The van der Waals surface area contributed by atoms with Crippen LogP contribution >= 0.6 is 12.4 Å². The predicted octanol–water partition coefficient (Wildman–Crippen LogP) is 4.56. The lowest BCUT2D eigenvalue weighted by Gasteiger charge is -2.13. The van der Waals surface area contributed by atoms with E-state index in [1.54, 1.807) is 18.2 Å². The molecule has 0 saturated carbocycles. The van der Waals surface area contributed by atoms with E-state index in [9.17, 15) is 13.2 Å². The predicted molar refractivity (Wildman–Crippen MR) is 81.8 cm³/mol. The van der Waals surface area contributed by atoms with Gasteiger partial charge in [0.2, 0.25) is 0 Å². The monoisotopic (exact) mass is 315 g/mol. The van der Waals surface area contributed by atoms with E-state index in [1.165, 1.54) is 12.1 Å². The molecule has 2 aromatic rings. The first-order valence-electron chi connectivity index (χ1n) is 6.42. The van der Waals surface area contributed by atoms with Crippen LogP contribution in [-0.4, -0.2) is 13.6 Å². The van der Waals surface area contributed by atoms with E-state index in [-0.39, 0.29) is 18.0 Å². The Bertz CT molecular complexity index is 582. The molecule has 0 aromatic heterocycles. The smallest absolute Gasteiger partial charge is 0.319 e. The van der Waals surface area contributed by atoms with Gasteiger partial charge in [-0.2, -0.15) is 13.2 Å². The second-order valence-electron chi connectivity index (χ2n) is 4.60. The second-order valence-corrected chi connectivity index (χ2v) is 4.60. The number of hydrogen-bond acceptors (Lipinski definition) is 1. The fraction of sp³-hybridized carbons (Fsp3) is 0.250. The van der Waals surface area contributed by atoms with Crippen LogP contribution in [0.3, 0.4) is 0 Å². The van der Waals surface area contributed by atoms with Crippen molar-refractivity contribution < 1.29 is 13.2 Å². The summed E-state index contributed by atoms with van der Waals surface area (Å²) in [4.78, 5) is 0. The van der Waals surface area contributed by atoms with Gasteiger partial charge in [0.1, 0.15) is 0 Å². The number of alkyl halides is 3. The second kappa shape index (κ2) is 7.48. The molecule has 1 nitrogen and oxygen atoms in total. The quantitative estimate of drug-likeness (QED) is 0.872. The van der Waals surface area contributed by atoms with Crippen molar-refractivity contribution in [1.82, 2.24) is 5.32 Å². The van der Waals surface area contributed by atoms with E-state index in [1.807, 2.05) is 19.2 Å². The maximum atomic E-state index is 13.0. The Labute approximate surface area is 128 Å². The standard InChI is InChI=1S/C16H16F3N.ClH/c1-20-10-9-12-5-4-6-13(11-12)14-7-2-3-8-15(14)16(17,18)19;/h2-8,11,20H,9-10H2,1H3;1H. The third-order valence-corrected chi connectivity index (χ3v) is 3.13. The molecule has 0 atom stereocenters. The van der Waals surface area contributed by atoms with Crippen molar-refractivity contribution in [2.75, 3.05) is 13.6 Å². The number of nitrogens with one attached hydrogen (secondary N) is 1. The van der Waals surface area contributed by atoms with Crippen LogP contribution in [0.15, 0.2) is 48.5 Å². The van der Waals surface area contributed by atoms with Gasteiger partial charge in [0.25, 0.3) is 0 Å². The minimum atomic E-state index is -4.34. The van der Waals surface area contributed by atoms with Crippen LogP contribution in [0.25, 0.3) is 11.1 Å². The zero-order valence-corrected chi connectivity index (χ0v) is 12.4. The van der Waals surface area contributed by atoms with Gasteiger partial charge < -0.3 is 5.32 Å². The molecule has 2 rings (SSSR count). The molecule has 1 N–H and O–H groups in total. The summed E-state index contributed by atoms with van der Waals surface area (Å²) in [5.74, 6) is 0. The molecule has 0 aliphatic heterocycles. The lowest BCUT2D eigenvalue weighted by Crippen LogP contribution is -2.10. The van der Waals surface area contributed by atoms with Gasteiger partial charge >= 0.3 is 6.18 Å². The van der Waals surface area contributed by atoms with Crippen LogP contribution in [0, 0.1) is 0 Å². The Morgan fingerprint density at radius 2 is 1.71 bits per heavy atom. The maximum absolute atomic E-state index is 13.0. The first-order chi connectivity index (χ1) is 9.52. The Morgan fingerprint density at radius 3 is 2.38 bits per heavy atom. The molecule has 0 aliphatic rings. The van der Waals surface area contributed by atoms with Crippen molar-refractivity contribution in [2.45, 2.75) is 12.6 Å². The van der Waals surface area contributed by atoms with Gasteiger partial charge in [-0.05, 0) is 42.8 Å². The normalized spacial score (nSPS) is 11.0. The highest BCUT2D eigenvalue weighted by Crippen LogP contribution is 2.37. The molecule has 114 valence electrons. The van der Waals surface area contributed by atoms with Crippen molar-refractivity contribution in [3.05, 3.63) is 59.7 Å². The number of halogens is 4. The van der Waals surface area contributed by atoms with Gasteiger partial charge in [0.05, 0.1) is 5.56 Å². The number of rotatable bonds is 4. The molecule has 0 spiro atoms. The first-order valence-corrected chi connectivity index (χ1v) is 6.42. The third-order valence-electron chi connectivity index (χ3n) is 3.13. The molecule has 0 radical (unpaired) electrons. The summed E-state index contributed by atoms with van der Waals surface area (Å²) in [6, 6.07) is 12.9. The van der Waals surface area contributed by atoms with Gasteiger partial charge in [-0.3, -0.25) is 0 Å². The summed E-state index contributed by atoms with van der Waals surface area (Å²) in [6.45, 7) is 0.796. The van der Waals surface area contributed by atoms with Crippen LogP contribution in [-0.2, 0) is 12.6 Å². The minimum Gasteiger partial charge on any atom is -0.319 e. The Kier molecular flexibility index (Phi) is 6.24. The van der Waals surface area contributed by atoms with Crippen molar-refractivity contribution in [2.24, 2.45) is 0 Å². The first kappa shape index (κ1) is 17.5. The fourth-order valence-electron chi connectivity index (χ4n) is 2.15. The fourth-order valence-corrected chi connectivity index (χ4v) is 2.15. The van der Waals surface area contributed by atoms with Gasteiger partial charge in [-0.1, -0.05) is 42.5 Å². The molecule has 0 heterocycles. The van der Waals surface area contributed by atoms with Crippen LogP contribution in [0.1, 0.15) is 11.1 Å². The molecule has 21 heavy (non-hydrogen) atoms. The van der Waals surface area contributed by atoms with Gasteiger partial charge in [-0.15, -0.1) is 12.4 Å². The Balaban J connectivity index is 0.00000220. The topological polar surface area (TPSA) is 12.0 Å². The maximum Gasteiger partial charge on any atom is 0.417 e. The van der Waals surface area contributed by atoms with Crippen molar-refractivity contribution in [1.29, 1.82) is 0 Å². The van der Waals surface area contributed by atoms with E-state index in [0.717, 1.165) is 24.6 Å². The highest BCUT2D eigenvalue weighted by molar-refractivity contribution is 5.85. The molecule has 0 unspecified atom stereocenters. The van der Waals surface area contributed by atoms with Crippen LogP contribution in [0.4, 0.5) is 13.2 Å². The van der Waals surface area contributed by atoms with E-state index in [2.05, 4.69) is 5.32 Å². The Morgan fingerprint density at radius 1 is 1.00 bits per heavy atom. The molecule has 2 aromatic carbocycles. The molecule has 5 heteroatoms. The van der Waals surface area contributed by atoms with E-state index >= 15 is 0 Å². The van der Waals surface area contributed by atoms with E-state index < -0.39 is 11.7 Å². The summed E-state index contributed by atoms with van der Waals surface area (Å²) in [5.41, 5.74) is 1.26. The van der Waals surface area contributed by atoms with Gasteiger partial charge in [0, 0.05) is 0 Å². The van der Waals surface area contributed by atoms with Crippen molar-refractivity contribution in [3.8, 4) is 11.1 Å². The van der Waals surface area contributed by atoms with Crippen LogP contribution in [0.5, 0.6) is 0 Å². The summed E-state index contributed by atoms with van der Waals surface area (Å²) in [7, 11) is 1.85.